The van der Waals surface area contributed by atoms with E-state index in [-0.39, 0.29) is 0 Å². The van der Waals surface area contributed by atoms with Gasteiger partial charge in [0.05, 0.1) is 0 Å². The Morgan fingerprint density at radius 1 is 1.20 bits per heavy atom. The topological polar surface area (TPSA) is 0 Å². The van der Waals surface area contributed by atoms with Gasteiger partial charge in [0.1, 0.15) is 0 Å². The van der Waals surface area contributed by atoms with Crippen molar-refractivity contribution in [1.82, 2.24) is 0 Å². The fourth-order valence-electron chi connectivity index (χ4n) is 2.10. The fraction of sp³-hybridized carbons (Fsp3) is 0.300. The van der Waals surface area contributed by atoms with Crippen LogP contribution in [0, 0.1) is 5.92 Å². The molecule has 0 nitrogen and oxygen atoms in total. The second-order valence-corrected chi connectivity index (χ2v) is 5.11. The number of allylic oxidation sites excluding steroid dienone is 7. The highest BCUT2D eigenvalue weighted by atomic mass is 14.0. The zero-order valence-electron chi connectivity index (χ0n) is 13.1. The molecular weight excluding hydrogens is 240 g/mol. The van der Waals surface area contributed by atoms with Crippen molar-refractivity contribution in [2.45, 2.75) is 34.1 Å². The molecule has 1 atom stereocenters. The van der Waals surface area contributed by atoms with E-state index in [4.69, 9.17) is 0 Å². The van der Waals surface area contributed by atoms with Gasteiger partial charge in [-0.3, -0.25) is 0 Å². The van der Waals surface area contributed by atoms with Gasteiger partial charge in [0.2, 0.25) is 0 Å². The minimum Gasteiger partial charge on any atom is -0.0911 e. The van der Waals surface area contributed by atoms with Gasteiger partial charge in [0.25, 0.3) is 0 Å². The van der Waals surface area contributed by atoms with Crippen LogP contribution in [0.25, 0.3) is 6.08 Å². The Labute approximate surface area is 124 Å². The van der Waals surface area contributed by atoms with Gasteiger partial charge in [0.15, 0.2) is 0 Å². The second-order valence-electron chi connectivity index (χ2n) is 5.11. The van der Waals surface area contributed by atoms with Crippen LogP contribution < -0.4 is 0 Å². The smallest absolute Gasteiger partial charge is 0.00762 e. The van der Waals surface area contributed by atoms with E-state index in [0.29, 0.717) is 5.92 Å². The van der Waals surface area contributed by atoms with Crippen LogP contribution >= 0.6 is 0 Å². The van der Waals surface area contributed by atoms with Crippen molar-refractivity contribution in [2.75, 3.05) is 0 Å². The lowest BCUT2D eigenvalue weighted by Crippen LogP contribution is -1.86. The summed E-state index contributed by atoms with van der Waals surface area (Å²) >= 11 is 0. The van der Waals surface area contributed by atoms with Crippen LogP contribution in [0.4, 0.5) is 0 Å². The number of hydrogen-bond donors (Lipinski definition) is 0. The maximum absolute atomic E-state index is 2.33. The van der Waals surface area contributed by atoms with Gasteiger partial charge < -0.3 is 0 Å². The van der Waals surface area contributed by atoms with Crippen LogP contribution in [-0.4, -0.2) is 0 Å². The molecule has 0 aliphatic carbocycles. The summed E-state index contributed by atoms with van der Waals surface area (Å²) in [5.41, 5.74) is 3.92. The fourth-order valence-corrected chi connectivity index (χ4v) is 2.10. The normalized spacial score (nSPS) is 15.2. The average Bonchev–Trinajstić information content (AvgIpc) is 2.45. The summed E-state index contributed by atoms with van der Waals surface area (Å²) in [5.74, 6) is 0.497. The van der Waals surface area contributed by atoms with Gasteiger partial charge in [-0.05, 0) is 31.7 Å². The highest BCUT2D eigenvalue weighted by Gasteiger charge is 1.95. The van der Waals surface area contributed by atoms with E-state index < -0.39 is 0 Å². The molecule has 0 saturated carbocycles. The molecular formula is C20H26. The van der Waals surface area contributed by atoms with E-state index in [1.807, 2.05) is 6.07 Å². The third kappa shape index (κ3) is 6.38. The summed E-state index contributed by atoms with van der Waals surface area (Å²) in [6.45, 7) is 8.65. The molecule has 1 aromatic rings. The third-order valence-electron chi connectivity index (χ3n) is 3.13. The molecule has 0 spiro atoms. The van der Waals surface area contributed by atoms with E-state index >= 15 is 0 Å². The molecule has 1 rings (SSSR count). The molecule has 0 aliphatic heterocycles. The lowest BCUT2D eigenvalue weighted by atomic mass is 10.0. The molecule has 106 valence electrons. The summed E-state index contributed by atoms with van der Waals surface area (Å²) < 4.78 is 0. The highest BCUT2D eigenvalue weighted by Crippen LogP contribution is 2.13. The molecule has 0 amide bonds. The van der Waals surface area contributed by atoms with Crippen molar-refractivity contribution in [1.29, 1.82) is 0 Å². The van der Waals surface area contributed by atoms with Crippen LogP contribution in [0.3, 0.4) is 0 Å². The maximum Gasteiger partial charge on any atom is -0.00762 e. The molecule has 0 fully saturated rings. The minimum absolute atomic E-state index is 0.497. The second kappa shape index (κ2) is 9.14. The van der Waals surface area contributed by atoms with Crippen LogP contribution in [0.2, 0.25) is 0 Å². The maximum atomic E-state index is 2.33. The lowest BCUT2D eigenvalue weighted by molar-refractivity contribution is 0.914. The molecule has 0 bridgehead atoms. The molecule has 0 heteroatoms. The monoisotopic (exact) mass is 266 g/mol. The van der Waals surface area contributed by atoms with Crippen LogP contribution in [0.15, 0.2) is 71.9 Å². The molecule has 20 heavy (non-hydrogen) atoms. The first kappa shape index (κ1) is 16.2. The number of rotatable bonds is 6. The van der Waals surface area contributed by atoms with Crippen molar-refractivity contribution in [3.05, 3.63) is 77.4 Å². The Morgan fingerprint density at radius 2 is 1.90 bits per heavy atom. The van der Waals surface area contributed by atoms with E-state index in [9.17, 15) is 0 Å². The van der Waals surface area contributed by atoms with E-state index in [2.05, 4.69) is 88.4 Å². The SMILES string of the molecule is C/C=C/C(C)/C=C(/C=C(C)/C=C/c1ccccc1)CC. The van der Waals surface area contributed by atoms with Gasteiger partial charge >= 0.3 is 0 Å². The summed E-state index contributed by atoms with van der Waals surface area (Å²) in [7, 11) is 0. The van der Waals surface area contributed by atoms with Crippen molar-refractivity contribution in [2.24, 2.45) is 5.92 Å². The van der Waals surface area contributed by atoms with Crippen molar-refractivity contribution in [3.8, 4) is 0 Å². The molecule has 0 aliphatic rings. The molecule has 0 heterocycles. The van der Waals surface area contributed by atoms with Crippen LogP contribution in [-0.2, 0) is 0 Å². The van der Waals surface area contributed by atoms with Gasteiger partial charge in [-0.1, -0.05) is 91.8 Å². The molecule has 1 unspecified atom stereocenters. The van der Waals surface area contributed by atoms with Crippen LogP contribution in [0.5, 0.6) is 0 Å². The zero-order valence-corrected chi connectivity index (χ0v) is 13.1. The lowest BCUT2D eigenvalue weighted by Gasteiger charge is -2.03. The van der Waals surface area contributed by atoms with Gasteiger partial charge in [0, 0.05) is 0 Å². The predicted octanol–water partition coefficient (Wildman–Crippen LogP) is 6.19. The Balaban J connectivity index is 2.78. The molecule has 1 aromatic carbocycles. The first-order chi connectivity index (χ1) is 9.65. The van der Waals surface area contributed by atoms with E-state index in [1.54, 1.807) is 0 Å². The summed E-state index contributed by atoms with van der Waals surface area (Å²) in [6.07, 6.45) is 14.4. The summed E-state index contributed by atoms with van der Waals surface area (Å²) in [6, 6.07) is 10.4. The molecule has 0 radical (unpaired) electrons. The van der Waals surface area contributed by atoms with Crippen LogP contribution in [0.1, 0.15) is 39.7 Å². The summed E-state index contributed by atoms with van der Waals surface area (Å²) in [5, 5.41) is 0. The molecule has 0 N–H and O–H groups in total. The Morgan fingerprint density at radius 3 is 2.50 bits per heavy atom. The average molecular weight is 266 g/mol. The van der Waals surface area contributed by atoms with Crippen molar-refractivity contribution in [3.63, 3.8) is 0 Å². The third-order valence-corrected chi connectivity index (χ3v) is 3.13. The highest BCUT2D eigenvalue weighted by molar-refractivity contribution is 5.53. The van der Waals surface area contributed by atoms with E-state index in [1.165, 1.54) is 16.7 Å². The first-order valence-corrected chi connectivity index (χ1v) is 7.40. The van der Waals surface area contributed by atoms with Crippen molar-refractivity contribution < 1.29 is 0 Å². The predicted molar refractivity (Wildman–Crippen MR) is 91.6 cm³/mol. The molecule has 0 aromatic heterocycles. The van der Waals surface area contributed by atoms with Gasteiger partial charge in [-0.15, -0.1) is 0 Å². The minimum atomic E-state index is 0.497. The molecule has 0 saturated heterocycles. The van der Waals surface area contributed by atoms with E-state index in [0.717, 1.165) is 6.42 Å². The Bertz CT molecular complexity index is 498. The summed E-state index contributed by atoms with van der Waals surface area (Å²) in [4.78, 5) is 0. The Kier molecular flexibility index (Phi) is 7.42. The van der Waals surface area contributed by atoms with Crippen molar-refractivity contribution >= 4 is 6.08 Å². The van der Waals surface area contributed by atoms with Gasteiger partial charge in [-0.2, -0.15) is 0 Å². The quantitative estimate of drug-likeness (QED) is 0.425. The van der Waals surface area contributed by atoms with Gasteiger partial charge in [-0.25, -0.2) is 0 Å². The number of hydrogen-bond acceptors (Lipinski definition) is 0. The zero-order chi connectivity index (χ0) is 14.8. The Hall–Kier alpha value is -1.82. The number of benzene rings is 1. The first-order valence-electron chi connectivity index (χ1n) is 7.40. The standard InChI is InChI=1S/C20H26/c1-5-10-17(3)15-19(6-2)16-18(4)13-14-20-11-8-7-9-12-20/h5,7-17H,6H2,1-4H3/b10-5+,14-13+,18-16+,19-15+. The largest absolute Gasteiger partial charge is 0.0911 e.